The molecule has 1 saturated heterocycles. The van der Waals surface area contributed by atoms with Crippen molar-refractivity contribution in [2.45, 2.75) is 47.2 Å². The van der Waals surface area contributed by atoms with Gasteiger partial charge in [-0.05, 0) is 45.7 Å². The number of aryl methyl sites for hydroxylation is 4. The summed E-state index contributed by atoms with van der Waals surface area (Å²) in [6.07, 6.45) is 0. The highest BCUT2D eigenvalue weighted by atomic mass is 16.2. The molecule has 0 bridgehead atoms. The van der Waals surface area contributed by atoms with Crippen molar-refractivity contribution in [3.8, 4) is 0 Å². The number of anilines is 1. The minimum absolute atomic E-state index is 0.0272. The van der Waals surface area contributed by atoms with Gasteiger partial charge in [-0.3, -0.25) is 4.79 Å². The summed E-state index contributed by atoms with van der Waals surface area (Å²) in [7, 11) is 0. The van der Waals surface area contributed by atoms with E-state index in [2.05, 4.69) is 76.3 Å². The largest absolute Gasteiger partial charge is 0.322 e. The van der Waals surface area contributed by atoms with Crippen LogP contribution < -0.4 is 15.1 Å². The zero-order valence-electron chi connectivity index (χ0n) is 18.0. The molecule has 0 spiro atoms. The van der Waals surface area contributed by atoms with Crippen molar-refractivity contribution >= 4 is 11.6 Å². The van der Waals surface area contributed by atoms with E-state index in [9.17, 15) is 4.79 Å². The Morgan fingerprint density at radius 2 is 1.61 bits per heavy atom. The molecule has 1 fully saturated rings. The van der Waals surface area contributed by atoms with Gasteiger partial charge in [0, 0.05) is 11.3 Å². The second kappa shape index (κ2) is 8.89. The lowest BCUT2D eigenvalue weighted by atomic mass is 10.0. The van der Waals surface area contributed by atoms with E-state index in [4.69, 9.17) is 0 Å². The average molecular weight is 382 g/mol. The highest BCUT2D eigenvalue weighted by Crippen LogP contribution is 2.21. The molecule has 2 aromatic rings. The Morgan fingerprint density at radius 1 is 0.964 bits per heavy atom. The van der Waals surface area contributed by atoms with Crippen LogP contribution in [0.2, 0.25) is 0 Å². The molecule has 0 saturated carbocycles. The van der Waals surface area contributed by atoms with Crippen molar-refractivity contribution in [3.05, 3.63) is 64.2 Å². The van der Waals surface area contributed by atoms with Crippen molar-refractivity contribution in [2.24, 2.45) is 0 Å². The fraction of sp³-hybridized carbons (Fsp3) is 0.458. The van der Waals surface area contributed by atoms with Crippen molar-refractivity contribution in [1.29, 1.82) is 0 Å². The molecular weight excluding hydrogens is 346 g/mol. The zero-order chi connectivity index (χ0) is 20.3. The van der Waals surface area contributed by atoms with Crippen LogP contribution >= 0.6 is 0 Å². The first kappa shape index (κ1) is 20.6. The summed E-state index contributed by atoms with van der Waals surface area (Å²) in [6.45, 7) is 15.8. The van der Waals surface area contributed by atoms with Gasteiger partial charge in [-0.25, -0.2) is 0 Å². The van der Waals surface area contributed by atoms with E-state index in [1.165, 1.54) is 21.6 Å². The quantitative estimate of drug-likeness (QED) is 0.716. The van der Waals surface area contributed by atoms with Gasteiger partial charge in [0.05, 0.1) is 0 Å². The molecule has 2 aromatic carbocycles. The van der Waals surface area contributed by atoms with E-state index < -0.39 is 0 Å². The SMILES string of the molecule is Cc1cccc(C[NH+]2CC[NH+]([C@H](C)C(=O)Nc3c(C)cc(C)cc3C)CC2)c1. The van der Waals surface area contributed by atoms with Crippen molar-refractivity contribution in [3.63, 3.8) is 0 Å². The van der Waals surface area contributed by atoms with Crippen molar-refractivity contribution in [2.75, 3.05) is 31.5 Å². The summed E-state index contributed by atoms with van der Waals surface area (Å²) in [4.78, 5) is 15.9. The third-order valence-electron chi connectivity index (χ3n) is 6.07. The number of carbonyl (C=O) groups is 1. The number of hydrogen-bond donors (Lipinski definition) is 3. The Hall–Kier alpha value is -2.17. The van der Waals surface area contributed by atoms with E-state index in [1.54, 1.807) is 4.90 Å². The molecule has 150 valence electrons. The maximum Gasteiger partial charge on any atom is 0.282 e. The van der Waals surface area contributed by atoms with Gasteiger partial charge >= 0.3 is 0 Å². The molecule has 0 aromatic heterocycles. The molecule has 0 radical (unpaired) electrons. The van der Waals surface area contributed by atoms with E-state index in [0.717, 1.165) is 49.5 Å². The van der Waals surface area contributed by atoms with Crippen LogP contribution in [0.3, 0.4) is 0 Å². The molecule has 1 amide bonds. The molecule has 1 aliphatic heterocycles. The van der Waals surface area contributed by atoms with Crippen LogP contribution in [0.4, 0.5) is 5.69 Å². The second-order valence-corrected chi connectivity index (χ2v) is 8.56. The number of amides is 1. The predicted molar refractivity (Wildman–Crippen MR) is 115 cm³/mol. The maximum atomic E-state index is 12.9. The van der Waals surface area contributed by atoms with Gasteiger partial charge in [-0.2, -0.15) is 0 Å². The number of rotatable bonds is 5. The molecule has 3 rings (SSSR count). The third-order valence-corrected chi connectivity index (χ3v) is 6.07. The standard InChI is InChI=1S/C24H33N3O/c1-17-7-6-8-22(15-17)16-26-9-11-27(12-10-26)21(5)24(28)25-23-19(3)13-18(2)14-20(23)4/h6-8,13-15,21H,9-12,16H2,1-5H3,(H,25,28)/p+2/t21-/m1/s1. The van der Waals surface area contributed by atoms with Crippen LogP contribution in [-0.2, 0) is 11.3 Å². The summed E-state index contributed by atoms with van der Waals surface area (Å²) < 4.78 is 0. The molecule has 4 heteroatoms. The highest BCUT2D eigenvalue weighted by Gasteiger charge is 2.31. The molecule has 1 heterocycles. The Bertz CT molecular complexity index is 814. The zero-order valence-corrected chi connectivity index (χ0v) is 18.0. The third kappa shape index (κ3) is 5.00. The van der Waals surface area contributed by atoms with Crippen LogP contribution in [0.5, 0.6) is 0 Å². The lowest BCUT2D eigenvalue weighted by Gasteiger charge is -2.32. The van der Waals surface area contributed by atoms with Crippen molar-refractivity contribution < 1.29 is 14.6 Å². The van der Waals surface area contributed by atoms with Gasteiger partial charge < -0.3 is 15.1 Å². The van der Waals surface area contributed by atoms with E-state index >= 15 is 0 Å². The smallest absolute Gasteiger partial charge is 0.282 e. The molecular formula is C24H35N3O+2. The van der Waals surface area contributed by atoms with E-state index in [-0.39, 0.29) is 11.9 Å². The molecule has 28 heavy (non-hydrogen) atoms. The minimum atomic E-state index is -0.0272. The Morgan fingerprint density at radius 3 is 2.21 bits per heavy atom. The number of nitrogens with one attached hydrogen (secondary N) is 3. The lowest BCUT2D eigenvalue weighted by Crippen LogP contribution is -3.29. The van der Waals surface area contributed by atoms with Crippen LogP contribution in [0.25, 0.3) is 0 Å². The van der Waals surface area contributed by atoms with Crippen LogP contribution in [0, 0.1) is 27.7 Å². The minimum Gasteiger partial charge on any atom is -0.322 e. The van der Waals surface area contributed by atoms with E-state index in [1.807, 2.05) is 0 Å². The van der Waals surface area contributed by atoms with Gasteiger partial charge in [0.2, 0.25) is 0 Å². The summed E-state index contributed by atoms with van der Waals surface area (Å²) in [5.41, 5.74) is 7.23. The normalized spacial score (nSPS) is 20.6. The maximum absolute atomic E-state index is 12.9. The predicted octanol–water partition coefficient (Wildman–Crippen LogP) is 1.23. The molecule has 1 atom stereocenters. The number of carbonyl (C=O) groups excluding carboxylic acids is 1. The number of quaternary nitrogens is 2. The lowest BCUT2D eigenvalue weighted by molar-refractivity contribution is -1.02. The first-order valence-electron chi connectivity index (χ1n) is 10.5. The second-order valence-electron chi connectivity index (χ2n) is 8.56. The average Bonchev–Trinajstić information content (AvgIpc) is 2.64. The highest BCUT2D eigenvalue weighted by molar-refractivity contribution is 5.95. The molecule has 1 aliphatic rings. The Balaban J connectivity index is 1.54. The molecule has 0 aliphatic carbocycles. The van der Waals surface area contributed by atoms with Crippen LogP contribution in [0.1, 0.15) is 34.7 Å². The van der Waals surface area contributed by atoms with Gasteiger partial charge in [0.15, 0.2) is 6.04 Å². The summed E-state index contributed by atoms with van der Waals surface area (Å²) >= 11 is 0. The van der Waals surface area contributed by atoms with Crippen molar-refractivity contribution in [1.82, 2.24) is 0 Å². The number of benzene rings is 2. The van der Waals surface area contributed by atoms with Gasteiger partial charge in [0.1, 0.15) is 32.7 Å². The van der Waals surface area contributed by atoms with Gasteiger partial charge in [0.25, 0.3) is 5.91 Å². The summed E-state index contributed by atoms with van der Waals surface area (Å²) in [5, 5.41) is 3.19. The Kier molecular flexibility index (Phi) is 6.53. The van der Waals surface area contributed by atoms with Gasteiger partial charge in [-0.15, -0.1) is 0 Å². The number of piperazine rings is 1. The molecule has 3 N–H and O–H groups in total. The summed E-state index contributed by atoms with van der Waals surface area (Å²) in [6, 6.07) is 13.0. The first-order valence-corrected chi connectivity index (χ1v) is 10.5. The molecule has 0 unspecified atom stereocenters. The fourth-order valence-corrected chi connectivity index (χ4v) is 4.44. The fourth-order valence-electron chi connectivity index (χ4n) is 4.44. The Labute approximate surface area is 169 Å². The van der Waals surface area contributed by atoms with Crippen LogP contribution in [-0.4, -0.2) is 38.1 Å². The summed E-state index contributed by atoms with van der Waals surface area (Å²) in [5.74, 6) is 0.132. The molecule has 4 nitrogen and oxygen atoms in total. The monoisotopic (exact) mass is 381 g/mol. The number of hydrogen-bond acceptors (Lipinski definition) is 1. The first-order chi connectivity index (χ1) is 13.3. The van der Waals surface area contributed by atoms with Gasteiger partial charge in [-0.1, -0.05) is 47.5 Å². The topological polar surface area (TPSA) is 38.0 Å². The van der Waals surface area contributed by atoms with Crippen LogP contribution in [0.15, 0.2) is 36.4 Å². The van der Waals surface area contributed by atoms with E-state index in [0.29, 0.717) is 0 Å².